The summed E-state index contributed by atoms with van der Waals surface area (Å²) in [6.45, 7) is 5.74. The lowest BCUT2D eigenvalue weighted by Gasteiger charge is -2.21. The molecule has 0 fully saturated rings. The second-order valence-electron chi connectivity index (χ2n) is 5.02. The maximum absolute atomic E-state index is 13.1. The van der Waals surface area contributed by atoms with E-state index in [-0.39, 0.29) is 17.9 Å². The van der Waals surface area contributed by atoms with Gasteiger partial charge in [-0.2, -0.15) is 0 Å². The van der Waals surface area contributed by atoms with Gasteiger partial charge in [0.05, 0.1) is 0 Å². The van der Waals surface area contributed by atoms with Crippen molar-refractivity contribution < 1.29 is 14.3 Å². The molecule has 0 aromatic heterocycles. The fraction of sp³-hybridized carbons (Fsp3) is 0.462. The van der Waals surface area contributed by atoms with Gasteiger partial charge in [-0.15, -0.1) is 0 Å². The van der Waals surface area contributed by atoms with E-state index in [1.54, 1.807) is 13.0 Å². The SMILES string of the molecule is Cc1cc(F)cc(C(=O)NCC(C)(C)CO)c1. The summed E-state index contributed by atoms with van der Waals surface area (Å²) < 4.78 is 13.1. The first-order chi connectivity index (χ1) is 7.84. The van der Waals surface area contributed by atoms with Crippen molar-refractivity contribution in [2.45, 2.75) is 20.8 Å². The van der Waals surface area contributed by atoms with Crippen molar-refractivity contribution >= 4 is 5.91 Å². The predicted molar refractivity (Wildman–Crippen MR) is 64.3 cm³/mol. The molecule has 0 aliphatic rings. The van der Waals surface area contributed by atoms with Crippen LogP contribution in [-0.2, 0) is 0 Å². The van der Waals surface area contributed by atoms with E-state index in [4.69, 9.17) is 5.11 Å². The summed E-state index contributed by atoms with van der Waals surface area (Å²) in [4.78, 5) is 11.8. The average molecular weight is 239 g/mol. The van der Waals surface area contributed by atoms with Gasteiger partial charge in [0.2, 0.25) is 0 Å². The molecule has 2 N–H and O–H groups in total. The summed E-state index contributed by atoms with van der Waals surface area (Å²) in [6.07, 6.45) is 0. The highest BCUT2D eigenvalue weighted by atomic mass is 19.1. The topological polar surface area (TPSA) is 49.3 Å². The Morgan fingerprint density at radius 1 is 1.41 bits per heavy atom. The van der Waals surface area contributed by atoms with Gasteiger partial charge in [-0.1, -0.05) is 13.8 Å². The van der Waals surface area contributed by atoms with E-state index in [9.17, 15) is 9.18 Å². The number of hydrogen-bond acceptors (Lipinski definition) is 2. The molecular formula is C13H18FNO2. The Morgan fingerprint density at radius 2 is 2.06 bits per heavy atom. The minimum atomic E-state index is -0.420. The summed E-state index contributed by atoms with van der Waals surface area (Å²) in [5.74, 6) is -0.745. The van der Waals surface area contributed by atoms with Crippen LogP contribution in [0.4, 0.5) is 4.39 Å². The zero-order valence-corrected chi connectivity index (χ0v) is 10.4. The van der Waals surface area contributed by atoms with Gasteiger partial charge in [0, 0.05) is 24.1 Å². The van der Waals surface area contributed by atoms with E-state index in [1.165, 1.54) is 12.1 Å². The summed E-state index contributed by atoms with van der Waals surface area (Å²) in [7, 11) is 0. The molecule has 3 nitrogen and oxygen atoms in total. The molecule has 0 bridgehead atoms. The van der Waals surface area contributed by atoms with Gasteiger partial charge in [0.25, 0.3) is 5.91 Å². The number of rotatable bonds is 4. The van der Waals surface area contributed by atoms with Crippen LogP contribution in [-0.4, -0.2) is 24.2 Å². The Morgan fingerprint density at radius 3 is 2.59 bits per heavy atom. The quantitative estimate of drug-likeness (QED) is 0.843. The zero-order valence-electron chi connectivity index (χ0n) is 10.4. The number of aryl methyl sites for hydroxylation is 1. The van der Waals surface area contributed by atoms with Crippen LogP contribution < -0.4 is 5.32 Å². The van der Waals surface area contributed by atoms with Crippen molar-refractivity contribution in [3.8, 4) is 0 Å². The molecule has 4 heteroatoms. The van der Waals surface area contributed by atoms with E-state index >= 15 is 0 Å². The van der Waals surface area contributed by atoms with Gasteiger partial charge in [-0.05, 0) is 30.7 Å². The second-order valence-corrected chi connectivity index (χ2v) is 5.02. The van der Waals surface area contributed by atoms with Crippen molar-refractivity contribution in [2.24, 2.45) is 5.41 Å². The molecule has 0 saturated heterocycles. The predicted octanol–water partition coefficient (Wildman–Crippen LogP) is 1.88. The number of halogens is 1. The van der Waals surface area contributed by atoms with Crippen LogP contribution in [0.2, 0.25) is 0 Å². The van der Waals surface area contributed by atoms with Gasteiger partial charge in [-0.25, -0.2) is 4.39 Å². The van der Waals surface area contributed by atoms with Crippen LogP contribution in [0.1, 0.15) is 29.8 Å². The van der Waals surface area contributed by atoms with Crippen molar-refractivity contribution in [1.82, 2.24) is 5.32 Å². The molecule has 0 spiro atoms. The first kappa shape index (κ1) is 13.6. The van der Waals surface area contributed by atoms with E-state index in [2.05, 4.69) is 5.32 Å². The Bertz CT molecular complexity index is 396. The molecule has 0 heterocycles. The third-order valence-corrected chi connectivity index (χ3v) is 2.46. The molecule has 0 unspecified atom stereocenters. The summed E-state index contributed by atoms with van der Waals surface area (Å²) in [6, 6.07) is 4.20. The number of carbonyl (C=O) groups excluding carboxylic acids is 1. The van der Waals surface area contributed by atoms with Crippen molar-refractivity contribution in [1.29, 1.82) is 0 Å². The van der Waals surface area contributed by atoms with Crippen LogP contribution >= 0.6 is 0 Å². The Labute approximate surface area is 101 Å². The average Bonchev–Trinajstić information content (AvgIpc) is 2.24. The van der Waals surface area contributed by atoms with Crippen LogP contribution in [0.25, 0.3) is 0 Å². The highest BCUT2D eigenvalue weighted by Crippen LogP contribution is 2.13. The molecule has 0 saturated carbocycles. The van der Waals surface area contributed by atoms with Gasteiger partial charge < -0.3 is 10.4 Å². The lowest BCUT2D eigenvalue weighted by atomic mass is 9.95. The van der Waals surface area contributed by atoms with Gasteiger partial charge in [-0.3, -0.25) is 4.79 Å². The number of aliphatic hydroxyl groups is 1. The van der Waals surface area contributed by atoms with Crippen molar-refractivity contribution in [3.05, 3.63) is 35.1 Å². The number of hydrogen-bond donors (Lipinski definition) is 2. The third kappa shape index (κ3) is 4.15. The van der Waals surface area contributed by atoms with E-state index < -0.39 is 5.82 Å². The molecule has 1 aromatic carbocycles. The van der Waals surface area contributed by atoms with Crippen LogP contribution in [0.5, 0.6) is 0 Å². The zero-order chi connectivity index (χ0) is 13.1. The molecule has 1 rings (SSSR count). The minimum Gasteiger partial charge on any atom is -0.396 e. The first-order valence-corrected chi connectivity index (χ1v) is 5.50. The highest BCUT2D eigenvalue weighted by Gasteiger charge is 2.18. The van der Waals surface area contributed by atoms with E-state index in [1.807, 2.05) is 13.8 Å². The number of nitrogens with one attached hydrogen (secondary N) is 1. The largest absolute Gasteiger partial charge is 0.396 e. The fourth-order valence-electron chi connectivity index (χ4n) is 1.34. The molecule has 94 valence electrons. The fourth-order valence-corrected chi connectivity index (χ4v) is 1.34. The second kappa shape index (κ2) is 5.27. The maximum Gasteiger partial charge on any atom is 0.251 e. The number of aliphatic hydroxyl groups excluding tert-OH is 1. The normalized spacial score (nSPS) is 11.4. The van der Waals surface area contributed by atoms with Crippen LogP contribution in [0, 0.1) is 18.2 Å². The Kier molecular flexibility index (Phi) is 4.23. The van der Waals surface area contributed by atoms with Crippen molar-refractivity contribution in [3.63, 3.8) is 0 Å². The lowest BCUT2D eigenvalue weighted by molar-refractivity contribution is 0.0910. The minimum absolute atomic E-state index is 0.0184. The molecule has 0 aliphatic heterocycles. The standard InChI is InChI=1S/C13H18FNO2/c1-9-4-10(6-11(14)5-9)12(17)15-7-13(2,3)8-16/h4-6,16H,7-8H2,1-3H3,(H,15,17). The number of carbonyl (C=O) groups is 1. The van der Waals surface area contributed by atoms with E-state index in [0.717, 1.165) is 0 Å². The number of amides is 1. The molecule has 1 aromatic rings. The molecular weight excluding hydrogens is 221 g/mol. The Balaban J connectivity index is 2.70. The van der Waals surface area contributed by atoms with Crippen LogP contribution in [0.3, 0.4) is 0 Å². The van der Waals surface area contributed by atoms with Crippen molar-refractivity contribution in [2.75, 3.05) is 13.2 Å². The number of benzene rings is 1. The summed E-state index contributed by atoms with van der Waals surface area (Å²) >= 11 is 0. The highest BCUT2D eigenvalue weighted by molar-refractivity contribution is 5.94. The summed E-state index contributed by atoms with van der Waals surface area (Å²) in [5.41, 5.74) is 0.630. The molecule has 17 heavy (non-hydrogen) atoms. The van der Waals surface area contributed by atoms with Gasteiger partial charge >= 0.3 is 0 Å². The van der Waals surface area contributed by atoms with E-state index in [0.29, 0.717) is 17.7 Å². The van der Waals surface area contributed by atoms with Crippen LogP contribution in [0.15, 0.2) is 18.2 Å². The molecule has 0 atom stereocenters. The third-order valence-electron chi connectivity index (χ3n) is 2.46. The molecule has 1 amide bonds. The first-order valence-electron chi connectivity index (χ1n) is 5.50. The summed E-state index contributed by atoms with van der Waals surface area (Å²) in [5, 5.41) is 11.7. The monoisotopic (exact) mass is 239 g/mol. The molecule has 0 radical (unpaired) electrons. The maximum atomic E-state index is 13.1. The lowest BCUT2D eigenvalue weighted by Crippen LogP contribution is -2.36. The Hall–Kier alpha value is -1.42. The smallest absolute Gasteiger partial charge is 0.251 e. The van der Waals surface area contributed by atoms with Gasteiger partial charge in [0.15, 0.2) is 0 Å². The molecule has 0 aliphatic carbocycles. The van der Waals surface area contributed by atoms with Gasteiger partial charge in [0.1, 0.15) is 5.82 Å².